The Labute approximate surface area is 146 Å². The molecule has 0 radical (unpaired) electrons. The molecular weight excluding hydrogens is 310 g/mol. The van der Waals surface area contributed by atoms with Crippen LogP contribution in [-0.4, -0.2) is 15.2 Å². The van der Waals surface area contributed by atoms with Crippen molar-refractivity contribution in [2.45, 2.75) is 6.92 Å². The standard InChI is InChI=1S/C12H10O.C10H9NO/c13-12-8-6-11(7-9-12)10-4-2-1-3-5-10;1-7-5-6-8-3-2-4-9(12)10(8)11-7/h1-9,13H;2-6,12H,1H3. The zero-order valence-corrected chi connectivity index (χ0v) is 13.9. The lowest BCUT2D eigenvalue weighted by molar-refractivity contribution is 0.475. The minimum atomic E-state index is 0.246. The third-order valence-corrected chi connectivity index (χ3v) is 3.81. The first-order valence-electron chi connectivity index (χ1n) is 8.03. The molecule has 0 atom stereocenters. The number of hydrogen-bond donors (Lipinski definition) is 2. The van der Waals surface area contributed by atoms with E-state index in [0.29, 0.717) is 11.3 Å². The maximum absolute atomic E-state index is 9.43. The van der Waals surface area contributed by atoms with Gasteiger partial charge < -0.3 is 10.2 Å². The molecule has 0 saturated carbocycles. The van der Waals surface area contributed by atoms with E-state index >= 15 is 0 Å². The Morgan fingerprint density at radius 1 is 0.640 bits per heavy atom. The first-order chi connectivity index (χ1) is 12.1. The number of aromatic nitrogens is 1. The van der Waals surface area contributed by atoms with E-state index in [-0.39, 0.29) is 5.75 Å². The highest BCUT2D eigenvalue weighted by Gasteiger charge is 1.99. The number of aromatic hydroxyl groups is 2. The molecule has 0 unspecified atom stereocenters. The number of hydrogen-bond acceptors (Lipinski definition) is 3. The number of rotatable bonds is 1. The molecule has 0 aliphatic heterocycles. The molecule has 0 aliphatic carbocycles. The van der Waals surface area contributed by atoms with E-state index in [0.717, 1.165) is 16.6 Å². The van der Waals surface area contributed by atoms with Crippen LogP contribution in [0.15, 0.2) is 84.9 Å². The normalized spacial score (nSPS) is 10.1. The highest BCUT2D eigenvalue weighted by atomic mass is 16.3. The molecule has 0 bridgehead atoms. The van der Waals surface area contributed by atoms with Gasteiger partial charge >= 0.3 is 0 Å². The third-order valence-electron chi connectivity index (χ3n) is 3.81. The Morgan fingerprint density at radius 2 is 1.32 bits per heavy atom. The molecule has 124 valence electrons. The van der Waals surface area contributed by atoms with Crippen molar-refractivity contribution in [3.8, 4) is 22.6 Å². The predicted octanol–water partition coefficient (Wildman–Crippen LogP) is 5.31. The molecule has 25 heavy (non-hydrogen) atoms. The molecule has 0 amide bonds. The largest absolute Gasteiger partial charge is 0.508 e. The van der Waals surface area contributed by atoms with Gasteiger partial charge in [-0.25, -0.2) is 4.98 Å². The van der Waals surface area contributed by atoms with Gasteiger partial charge in [-0.1, -0.05) is 60.7 Å². The van der Waals surface area contributed by atoms with Crippen molar-refractivity contribution in [3.63, 3.8) is 0 Å². The summed E-state index contributed by atoms with van der Waals surface area (Å²) in [4.78, 5) is 4.23. The Kier molecular flexibility index (Phi) is 4.95. The third kappa shape index (κ3) is 4.15. The second-order valence-corrected chi connectivity index (χ2v) is 5.71. The summed E-state index contributed by atoms with van der Waals surface area (Å²) in [6, 6.07) is 26.6. The van der Waals surface area contributed by atoms with Gasteiger partial charge in [0.05, 0.1) is 0 Å². The molecule has 3 aromatic carbocycles. The summed E-state index contributed by atoms with van der Waals surface area (Å²) in [7, 11) is 0. The Bertz CT molecular complexity index is 964. The van der Waals surface area contributed by atoms with E-state index in [1.165, 1.54) is 5.56 Å². The van der Waals surface area contributed by atoms with Crippen LogP contribution in [0.1, 0.15) is 5.69 Å². The number of pyridine rings is 1. The maximum Gasteiger partial charge on any atom is 0.141 e. The molecule has 0 saturated heterocycles. The molecule has 4 aromatic rings. The molecule has 0 aliphatic rings. The van der Waals surface area contributed by atoms with Gasteiger partial charge in [-0.3, -0.25) is 0 Å². The first kappa shape index (κ1) is 16.5. The quantitative estimate of drug-likeness (QED) is 0.498. The van der Waals surface area contributed by atoms with Gasteiger partial charge in [0, 0.05) is 11.1 Å². The van der Waals surface area contributed by atoms with Gasteiger partial charge in [0.15, 0.2) is 0 Å². The topological polar surface area (TPSA) is 53.4 Å². The van der Waals surface area contributed by atoms with Crippen molar-refractivity contribution in [2.75, 3.05) is 0 Å². The summed E-state index contributed by atoms with van der Waals surface area (Å²) >= 11 is 0. The number of phenolic OH excluding ortho intramolecular Hbond substituents is 2. The molecule has 2 N–H and O–H groups in total. The van der Waals surface area contributed by atoms with Crippen molar-refractivity contribution in [3.05, 3.63) is 90.6 Å². The molecular formula is C22H19NO2. The summed E-state index contributed by atoms with van der Waals surface area (Å²) in [5.74, 6) is 0.552. The van der Waals surface area contributed by atoms with E-state index in [4.69, 9.17) is 5.11 Å². The van der Waals surface area contributed by atoms with Crippen LogP contribution in [0.3, 0.4) is 0 Å². The Balaban J connectivity index is 0.000000146. The van der Waals surface area contributed by atoms with E-state index in [1.807, 2.05) is 73.7 Å². The van der Waals surface area contributed by atoms with Crippen LogP contribution in [0.2, 0.25) is 0 Å². The van der Waals surface area contributed by atoms with Crippen LogP contribution in [0, 0.1) is 6.92 Å². The maximum atomic E-state index is 9.43. The average molecular weight is 329 g/mol. The van der Waals surface area contributed by atoms with Crippen molar-refractivity contribution < 1.29 is 10.2 Å². The number of nitrogens with zero attached hydrogens (tertiary/aromatic N) is 1. The Hall–Kier alpha value is -3.33. The van der Waals surface area contributed by atoms with Crippen LogP contribution in [0.5, 0.6) is 11.5 Å². The first-order valence-corrected chi connectivity index (χ1v) is 8.03. The zero-order valence-electron chi connectivity index (χ0n) is 13.9. The predicted molar refractivity (Wildman–Crippen MR) is 102 cm³/mol. The van der Waals surface area contributed by atoms with E-state index in [1.54, 1.807) is 18.2 Å². The van der Waals surface area contributed by atoms with Crippen LogP contribution in [-0.2, 0) is 0 Å². The smallest absolute Gasteiger partial charge is 0.141 e. The fourth-order valence-electron chi connectivity index (χ4n) is 2.51. The number of aryl methyl sites for hydroxylation is 1. The fraction of sp³-hybridized carbons (Fsp3) is 0.0455. The van der Waals surface area contributed by atoms with Crippen molar-refractivity contribution in [1.29, 1.82) is 0 Å². The lowest BCUT2D eigenvalue weighted by Gasteiger charge is -2.00. The second-order valence-electron chi connectivity index (χ2n) is 5.71. The summed E-state index contributed by atoms with van der Waals surface area (Å²) in [5.41, 5.74) is 3.89. The van der Waals surface area contributed by atoms with Crippen LogP contribution >= 0.6 is 0 Å². The van der Waals surface area contributed by atoms with Gasteiger partial charge in [-0.15, -0.1) is 0 Å². The monoisotopic (exact) mass is 329 g/mol. The number of fused-ring (bicyclic) bond motifs is 1. The van der Waals surface area contributed by atoms with E-state index in [9.17, 15) is 5.11 Å². The summed E-state index contributed by atoms with van der Waals surface area (Å²) in [5, 5.41) is 19.5. The van der Waals surface area contributed by atoms with Crippen molar-refractivity contribution in [2.24, 2.45) is 0 Å². The van der Waals surface area contributed by atoms with Gasteiger partial charge in [0.1, 0.15) is 17.0 Å². The van der Waals surface area contributed by atoms with E-state index in [2.05, 4.69) is 4.98 Å². The average Bonchev–Trinajstić information content (AvgIpc) is 2.64. The highest BCUT2D eigenvalue weighted by Crippen LogP contribution is 2.22. The molecule has 1 aromatic heterocycles. The Morgan fingerprint density at radius 3 is 2.04 bits per heavy atom. The van der Waals surface area contributed by atoms with Gasteiger partial charge in [0.25, 0.3) is 0 Å². The van der Waals surface area contributed by atoms with Crippen molar-refractivity contribution in [1.82, 2.24) is 4.98 Å². The number of para-hydroxylation sites is 1. The molecule has 3 heteroatoms. The van der Waals surface area contributed by atoms with Gasteiger partial charge in [0.2, 0.25) is 0 Å². The summed E-state index contributed by atoms with van der Waals surface area (Å²) in [6.45, 7) is 1.91. The lowest BCUT2D eigenvalue weighted by Crippen LogP contribution is -1.82. The van der Waals surface area contributed by atoms with Crippen LogP contribution in [0.25, 0.3) is 22.0 Å². The number of phenols is 2. The van der Waals surface area contributed by atoms with Crippen LogP contribution < -0.4 is 0 Å². The molecule has 4 rings (SSSR count). The minimum absolute atomic E-state index is 0.246. The number of benzene rings is 3. The van der Waals surface area contributed by atoms with Crippen LogP contribution in [0.4, 0.5) is 0 Å². The van der Waals surface area contributed by atoms with E-state index < -0.39 is 0 Å². The van der Waals surface area contributed by atoms with Gasteiger partial charge in [-0.2, -0.15) is 0 Å². The molecule has 1 heterocycles. The zero-order chi connectivity index (χ0) is 17.6. The minimum Gasteiger partial charge on any atom is -0.508 e. The second kappa shape index (κ2) is 7.49. The van der Waals surface area contributed by atoms with Gasteiger partial charge in [-0.05, 0) is 42.3 Å². The highest BCUT2D eigenvalue weighted by molar-refractivity contribution is 5.84. The summed E-state index contributed by atoms with van der Waals surface area (Å²) in [6.07, 6.45) is 0. The molecule has 3 nitrogen and oxygen atoms in total. The van der Waals surface area contributed by atoms with Crippen molar-refractivity contribution >= 4 is 10.9 Å². The fourth-order valence-corrected chi connectivity index (χ4v) is 2.51. The SMILES string of the molecule is Cc1ccc2cccc(O)c2n1.Oc1ccc(-c2ccccc2)cc1. The molecule has 0 fully saturated rings. The molecule has 0 spiro atoms. The summed E-state index contributed by atoms with van der Waals surface area (Å²) < 4.78 is 0. The lowest BCUT2D eigenvalue weighted by atomic mass is 10.1.